The van der Waals surface area contributed by atoms with Crippen molar-refractivity contribution >= 4 is 27.2 Å². The van der Waals surface area contributed by atoms with E-state index in [1.165, 1.54) is 11.3 Å². The zero-order valence-electron chi connectivity index (χ0n) is 12.5. The molecule has 0 bridgehead atoms. The van der Waals surface area contributed by atoms with Gasteiger partial charge in [0.05, 0.1) is 0 Å². The summed E-state index contributed by atoms with van der Waals surface area (Å²) >= 11 is 1.38. The molecule has 1 aliphatic rings. The lowest BCUT2D eigenvalue weighted by Gasteiger charge is -2.34. The third kappa shape index (κ3) is 3.02. The molecule has 0 aromatic carbocycles. The Hall–Kier alpha value is -1.44. The van der Waals surface area contributed by atoms with Gasteiger partial charge in [-0.1, -0.05) is 13.0 Å². The molecule has 22 heavy (non-hydrogen) atoms. The topological polar surface area (TPSA) is 53.5 Å². The van der Waals surface area contributed by atoms with Gasteiger partial charge in [-0.05, 0) is 30.7 Å². The lowest BCUT2D eigenvalue weighted by atomic mass is 10.3. The fourth-order valence-electron chi connectivity index (χ4n) is 2.51. The van der Waals surface area contributed by atoms with Crippen molar-refractivity contribution in [2.45, 2.75) is 17.6 Å². The molecule has 0 N–H and O–H groups in total. The Morgan fingerprint density at radius 1 is 1.14 bits per heavy atom. The number of sulfonamides is 1. The highest BCUT2D eigenvalue weighted by Crippen LogP contribution is 2.26. The Labute approximate surface area is 135 Å². The molecule has 3 rings (SSSR count). The minimum atomic E-state index is -3.35. The standard InChI is InChI=1S/C15H19N3O2S2/c1-2-13-6-7-15(21-13)22(19,20)18-11-9-17(10-12-18)14-5-3-4-8-16-14/h3-8H,2,9-12H2,1H3. The SMILES string of the molecule is CCc1ccc(S(=O)(=O)N2CCN(c3ccccn3)CC2)s1. The van der Waals surface area contributed by atoms with Crippen LogP contribution in [0.1, 0.15) is 11.8 Å². The summed E-state index contributed by atoms with van der Waals surface area (Å²) in [6, 6.07) is 9.41. The number of hydrogen-bond donors (Lipinski definition) is 0. The van der Waals surface area contributed by atoms with Crippen LogP contribution in [-0.4, -0.2) is 43.9 Å². The summed E-state index contributed by atoms with van der Waals surface area (Å²) in [5.41, 5.74) is 0. The van der Waals surface area contributed by atoms with Crippen LogP contribution in [0.15, 0.2) is 40.7 Å². The van der Waals surface area contributed by atoms with Gasteiger partial charge in [0, 0.05) is 37.3 Å². The van der Waals surface area contributed by atoms with Crippen molar-refractivity contribution in [2.75, 3.05) is 31.1 Å². The van der Waals surface area contributed by atoms with E-state index in [2.05, 4.69) is 9.88 Å². The lowest BCUT2D eigenvalue weighted by molar-refractivity contribution is 0.385. The monoisotopic (exact) mass is 337 g/mol. The van der Waals surface area contributed by atoms with Crippen molar-refractivity contribution in [1.29, 1.82) is 0 Å². The first-order chi connectivity index (χ1) is 10.6. The van der Waals surface area contributed by atoms with Crippen LogP contribution in [0, 0.1) is 0 Å². The molecule has 0 atom stereocenters. The molecule has 1 fully saturated rings. The summed E-state index contributed by atoms with van der Waals surface area (Å²) in [5, 5.41) is 0. The van der Waals surface area contributed by atoms with Crippen molar-refractivity contribution in [2.24, 2.45) is 0 Å². The Kier molecular flexibility index (Phi) is 4.46. The minimum Gasteiger partial charge on any atom is -0.354 e. The number of thiophene rings is 1. The van der Waals surface area contributed by atoms with Crippen LogP contribution in [0.4, 0.5) is 5.82 Å². The molecule has 0 saturated carbocycles. The second-order valence-electron chi connectivity index (χ2n) is 5.15. The molecule has 1 aliphatic heterocycles. The van der Waals surface area contributed by atoms with Crippen LogP contribution in [0.25, 0.3) is 0 Å². The van der Waals surface area contributed by atoms with Crippen LogP contribution in [0.2, 0.25) is 0 Å². The van der Waals surface area contributed by atoms with E-state index in [1.54, 1.807) is 16.6 Å². The summed E-state index contributed by atoms with van der Waals surface area (Å²) < 4.78 is 27.4. The van der Waals surface area contributed by atoms with Crippen molar-refractivity contribution in [1.82, 2.24) is 9.29 Å². The van der Waals surface area contributed by atoms with Gasteiger partial charge in [0.25, 0.3) is 10.0 Å². The van der Waals surface area contributed by atoms with Gasteiger partial charge in [0.15, 0.2) is 0 Å². The van der Waals surface area contributed by atoms with Gasteiger partial charge in [-0.2, -0.15) is 4.31 Å². The number of aromatic nitrogens is 1. The first-order valence-electron chi connectivity index (χ1n) is 7.36. The molecule has 2 aromatic rings. The number of anilines is 1. The van der Waals surface area contributed by atoms with Gasteiger partial charge in [-0.3, -0.25) is 0 Å². The average Bonchev–Trinajstić information content (AvgIpc) is 3.06. The molecule has 0 unspecified atom stereocenters. The molecular formula is C15H19N3O2S2. The first-order valence-corrected chi connectivity index (χ1v) is 9.62. The molecule has 0 spiro atoms. The predicted molar refractivity (Wildman–Crippen MR) is 88.9 cm³/mol. The van der Waals surface area contributed by atoms with E-state index in [0.29, 0.717) is 30.4 Å². The second-order valence-corrected chi connectivity index (χ2v) is 8.49. The molecular weight excluding hydrogens is 318 g/mol. The summed E-state index contributed by atoms with van der Waals surface area (Å²) in [4.78, 5) is 7.55. The highest BCUT2D eigenvalue weighted by molar-refractivity contribution is 7.91. The van der Waals surface area contributed by atoms with Crippen LogP contribution in [0.5, 0.6) is 0 Å². The molecule has 2 aromatic heterocycles. The van der Waals surface area contributed by atoms with E-state index in [-0.39, 0.29) is 0 Å². The van der Waals surface area contributed by atoms with Crippen molar-refractivity contribution in [3.8, 4) is 0 Å². The molecule has 118 valence electrons. The maximum atomic E-state index is 12.7. The summed E-state index contributed by atoms with van der Waals surface area (Å²) in [6.45, 7) is 4.37. The van der Waals surface area contributed by atoms with Crippen molar-refractivity contribution in [3.63, 3.8) is 0 Å². The fourth-order valence-corrected chi connectivity index (χ4v) is 5.38. The maximum absolute atomic E-state index is 12.7. The smallest absolute Gasteiger partial charge is 0.252 e. The third-order valence-corrected chi connectivity index (χ3v) is 7.39. The van der Waals surface area contributed by atoms with E-state index in [4.69, 9.17) is 0 Å². The molecule has 0 aliphatic carbocycles. The minimum absolute atomic E-state index is 0.454. The molecule has 0 radical (unpaired) electrons. The fraction of sp³-hybridized carbons (Fsp3) is 0.400. The van der Waals surface area contributed by atoms with E-state index >= 15 is 0 Å². The van der Waals surface area contributed by atoms with E-state index in [0.717, 1.165) is 17.1 Å². The van der Waals surface area contributed by atoms with Crippen LogP contribution in [0.3, 0.4) is 0 Å². The quantitative estimate of drug-likeness (QED) is 0.858. The molecule has 1 saturated heterocycles. The van der Waals surface area contributed by atoms with E-state index in [1.807, 2.05) is 31.2 Å². The van der Waals surface area contributed by atoms with Crippen LogP contribution >= 0.6 is 11.3 Å². The van der Waals surface area contributed by atoms with Crippen LogP contribution < -0.4 is 4.90 Å². The Bertz CT molecular complexity index is 720. The Balaban J connectivity index is 1.70. The number of hydrogen-bond acceptors (Lipinski definition) is 5. The second kappa shape index (κ2) is 6.36. The van der Waals surface area contributed by atoms with Gasteiger partial charge < -0.3 is 4.90 Å². The zero-order valence-corrected chi connectivity index (χ0v) is 14.1. The van der Waals surface area contributed by atoms with Gasteiger partial charge >= 0.3 is 0 Å². The average molecular weight is 337 g/mol. The van der Waals surface area contributed by atoms with Crippen molar-refractivity contribution < 1.29 is 8.42 Å². The number of piperazine rings is 1. The number of nitrogens with zero attached hydrogens (tertiary/aromatic N) is 3. The van der Waals surface area contributed by atoms with E-state index < -0.39 is 10.0 Å². The molecule has 0 amide bonds. The highest BCUT2D eigenvalue weighted by atomic mass is 32.2. The number of aryl methyl sites for hydroxylation is 1. The van der Waals surface area contributed by atoms with Gasteiger partial charge in [-0.25, -0.2) is 13.4 Å². The van der Waals surface area contributed by atoms with Gasteiger partial charge in [0.1, 0.15) is 10.0 Å². The third-order valence-electron chi connectivity index (χ3n) is 3.79. The highest BCUT2D eigenvalue weighted by Gasteiger charge is 2.29. The van der Waals surface area contributed by atoms with Crippen LogP contribution in [-0.2, 0) is 16.4 Å². The molecule has 3 heterocycles. The molecule has 5 nitrogen and oxygen atoms in total. The summed E-state index contributed by atoms with van der Waals surface area (Å²) in [7, 11) is -3.35. The lowest BCUT2D eigenvalue weighted by Crippen LogP contribution is -2.48. The predicted octanol–water partition coefficient (Wildman–Crippen LogP) is 2.22. The number of rotatable bonds is 4. The largest absolute Gasteiger partial charge is 0.354 e. The summed E-state index contributed by atoms with van der Waals surface area (Å²) in [6.07, 6.45) is 2.63. The first kappa shape index (κ1) is 15.5. The molecule has 7 heteroatoms. The van der Waals surface area contributed by atoms with E-state index in [9.17, 15) is 8.42 Å². The maximum Gasteiger partial charge on any atom is 0.252 e. The van der Waals surface area contributed by atoms with Crippen molar-refractivity contribution in [3.05, 3.63) is 41.4 Å². The normalized spacial score (nSPS) is 16.9. The summed E-state index contributed by atoms with van der Waals surface area (Å²) in [5.74, 6) is 0.906. The number of pyridine rings is 1. The van der Waals surface area contributed by atoms with Gasteiger partial charge in [-0.15, -0.1) is 11.3 Å². The Morgan fingerprint density at radius 3 is 2.50 bits per heavy atom. The van der Waals surface area contributed by atoms with Gasteiger partial charge in [0.2, 0.25) is 0 Å². The Morgan fingerprint density at radius 2 is 1.91 bits per heavy atom. The zero-order chi connectivity index (χ0) is 15.6.